The summed E-state index contributed by atoms with van der Waals surface area (Å²) in [7, 11) is -2.37. The van der Waals surface area contributed by atoms with E-state index in [0.29, 0.717) is 18.7 Å². The van der Waals surface area contributed by atoms with Gasteiger partial charge >= 0.3 is 0 Å². The standard InChI is InChI=1S/C22H28N2O5S/c1-16-5-3-4-13-24(16)30(27,28)21-15-18(8-11-20(21)29-2)22(26)23-19-9-6-17(7-10-19)12-14-25/h6-11,15-16,25H,3-5,12-14H2,1-2H3,(H,23,26). The molecule has 162 valence electrons. The highest BCUT2D eigenvalue weighted by molar-refractivity contribution is 7.89. The van der Waals surface area contributed by atoms with Gasteiger partial charge in [0.05, 0.1) is 7.11 Å². The molecular formula is C22H28N2O5S. The number of nitrogens with zero attached hydrogens (tertiary/aromatic N) is 1. The van der Waals surface area contributed by atoms with Crippen molar-refractivity contribution in [2.45, 2.75) is 43.5 Å². The fourth-order valence-corrected chi connectivity index (χ4v) is 5.54. The number of aliphatic hydroxyl groups is 1. The Morgan fingerprint density at radius 3 is 2.57 bits per heavy atom. The molecule has 0 aromatic heterocycles. The van der Waals surface area contributed by atoms with Crippen LogP contribution in [0.3, 0.4) is 0 Å². The molecule has 1 aliphatic rings. The van der Waals surface area contributed by atoms with Gasteiger partial charge in [0.25, 0.3) is 5.91 Å². The Morgan fingerprint density at radius 2 is 1.93 bits per heavy atom. The number of sulfonamides is 1. The number of rotatable bonds is 7. The van der Waals surface area contributed by atoms with E-state index in [9.17, 15) is 13.2 Å². The highest BCUT2D eigenvalue weighted by Gasteiger charge is 2.33. The number of hydrogen-bond donors (Lipinski definition) is 2. The van der Waals surface area contributed by atoms with Gasteiger partial charge in [-0.25, -0.2) is 8.42 Å². The number of anilines is 1. The molecule has 2 N–H and O–H groups in total. The summed E-state index contributed by atoms with van der Waals surface area (Å²) in [6.45, 7) is 2.42. The molecule has 2 aromatic carbocycles. The number of benzene rings is 2. The van der Waals surface area contributed by atoms with Gasteiger partial charge < -0.3 is 15.2 Å². The summed E-state index contributed by atoms with van der Waals surface area (Å²) in [5.74, 6) is -0.187. The monoisotopic (exact) mass is 432 g/mol. The van der Waals surface area contributed by atoms with Crippen molar-refractivity contribution in [3.63, 3.8) is 0 Å². The molecule has 0 spiro atoms. The molecular weight excluding hydrogens is 404 g/mol. The molecule has 1 unspecified atom stereocenters. The molecule has 1 fully saturated rings. The Hall–Kier alpha value is -2.42. The van der Waals surface area contributed by atoms with Crippen LogP contribution in [0.15, 0.2) is 47.4 Å². The first-order valence-corrected chi connectivity index (χ1v) is 11.5. The summed E-state index contributed by atoms with van der Waals surface area (Å²) in [6, 6.07) is 11.5. The number of nitrogens with one attached hydrogen (secondary N) is 1. The minimum atomic E-state index is -3.79. The number of aliphatic hydroxyl groups excluding tert-OH is 1. The first kappa shape index (κ1) is 22.3. The third-order valence-electron chi connectivity index (χ3n) is 5.37. The van der Waals surface area contributed by atoms with Gasteiger partial charge in [0.15, 0.2) is 0 Å². The molecule has 8 heteroatoms. The zero-order valence-corrected chi connectivity index (χ0v) is 18.1. The zero-order chi connectivity index (χ0) is 21.7. The second kappa shape index (κ2) is 9.59. The van der Waals surface area contributed by atoms with Gasteiger partial charge in [0.1, 0.15) is 10.6 Å². The van der Waals surface area contributed by atoms with E-state index in [1.54, 1.807) is 18.2 Å². The predicted molar refractivity (Wildman–Crippen MR) is 115 cm³/mol. The lowest BCUT2D eigenvalue weighted by atomic mass is 10.1. The molecule has 30 heavy (non-hydrogen) atoms. The normalized spacial score (nSPS) is 17.5. The van der Waals surface area contributed by atoms with Crippen LogP contribution in [0.2, 0.25) is 0 Å². The van der Waals surface area contributed by atoms with Crippen molar-refractivity contribution in [1.29, 1.82) is 0 Å². The average molecular weight is 433 g/mol. The summed E-state index contributed by atoms with van der Waals surface area (Å²) in [4.78, 5) is 12.7. The summed E-state index contributed by atoms with van der Waals surface area (Å²) in [6.07, 6.45) is 3.18. The molecule has 0 radical (unpaired) electrons. The van der Waals surface area contributed by atoms with E-state index in [1.807, 2.05) is 19.1 Å². The maximum absolute atomic E-state index is 13.3. The van der Waals surface area contributed by atoms with E-state index in [4.69, 9.17) is 9.84 Å². The van der Waals surface area contributed by atoms with Gasteiger partial charge in [0.2, 0.25) is 10.0 Å². The number of amides is 1. The number of ether oxygens (including phenoxy) is 1. The Morgan fingerprint density at radius 1 is 1.20 bits per heavy atom. The van der Waals surface area contributed by atoms with Gasteiger partial charge in [-0.2, -0.15) is 4.31 Å². The lowest BCUT2D eigenvalue weighted by Gasteiger charge is -2.32. The molecule has 1 aliphatic heterocycles. The fourth-order valence-electron chi connectivity index (χ4n) is 3.66. The quantitative estimate of drug-likeness (QED) is 0.701. The minimum Gasteiger partial charge on any atom is -0.495 e. The largest absolute Gasteiger partial charge is 0.495 e. The maximum atomic E-state index is 13.3. The molecule has 1 atom stereocenters. The maximum Gasteiger partial charge on any atom is 0.255 e. The van der Waals surface area contributed by atoms with E-state index < -0.39 is 15.9 Å². The smallest absolute Gasteiger partial charge is 0.255 e. The highest BCUT2D eigenvalue weighted by atomic mass is 32.2. The molecule has 2 aromatic rings. The van der Waals surface area contributed by atoms with Crippen molar-refractivity contribution >= 4 is 21.6 Å². The molecule has 3 rings (SSSR count). The average Bonchev–Trinajstić information content (AvgIpc) is 2.75. The molecule has 1 saturated heterocycles. The number of piperidine rings is 1. The molecule has 7 nitrogen and oxygen atoms in total. The van der Waals surface area contributed by atoms with Crippen LogP contribution in [0, 0.1) is 0 Å². The van der Waals surface area contributed by atoms with E-state index in [2.05, 4.69) is 5.32 Å². The SMILES string of the molecule is COc1ccc(C(=O)Nc2ccc(CCO)cc2)cc1S(=O)(=O)N1CCCCC1C. The second-order valence-corrected chi connectivity index (χ2v) is 9.31. The summed E-state index contributed by atoms with van der Waals surface area (Å²) in [5, 5.41) is 11.8. The van der Waals surface area contributed by atoms with Gasteiger partial charge in [-0.3, -0.25) is 4.79 Å². The van der Waals surface area contributed by atoms with Crippen molar-refractivity contribution in [2.24, 2.45) is 0 Å². The fraction of sp³-hybridized carbons (Fsp3) is 0.409. The summed E-state index contributed by atoms with van der Waals surface area (Å²) in [5.41, 5.74) is 1.79. The molecule has 0 bridgehead atoms. The van der Waals surface area contributed by atoms with Crippen LogP contribution in [0.4, 0.5) is 5.69 Å². The minimum absolute atomic E-state index is 0.00435. The van der Waals surface area contributed by atoms with Gasteiger partial charge in [-0.1, -0.05) is 18.6 Å². The van der Waals surface area contributed by atoms with Crippen molar-refractivity contribution in [3.8, 4) is 5.75 Å². The molecule has 1 amide bonds. The predicted octanol–water partition coefficient (Wildman–Crippen LogP) is 3.05. The molecule has 1 heterocycles. The van der Waals surface area contributed by atoms with E-state index in [1.165, 1.54) is 23.5 Å². The van der Waals surface area contributed by atoms with Crippen LogP contribution in [0.1, 0.15) is 42.1 Å². The van der Waals surface area contributed by atoms with Gasteiger partial charge in [-0.05, 0) is 62.1 Å². The summed E-state index contributed by atoms with van der Waals surface area (Å²) >= 11 is 0. The van der Waals surface area contributed by atoms with Crippen molar-refractivity contribution in [1.82, 2.24) is 4.31 Å². The third-order valence-corrected chi connectivity index (χ3v) is 7.40. The first-order valence-electron chi connectivity index (χ1n) is 10.1. The Labute approximate surface area is 177 Å². The lowest BCUT2D eigenvalue weighted by Crippen LogP contribution is -2.42. The topological polar surface area (TPSA) is 95.9 Å². The highest BCUT2D eigenvalue weighted by Crippen LogP contribution is 2.32. The van der Waals surface area contributed by atoms with Gasteiger partial charge in [0, 0.05) is 30.4 Å². The van der Waals surface area contributed by atoms with E-state index in [-0.39, 0.29) is 28.9 Å². The van der Waals surface area contributed by atoms with E-state index >= 15 is 0 Å². The second-order valence-electron chi connectivity index (χ2n) is 7.45. The number of methoxy groups -OCH3 is 1. The van der Waals surface area contributed by atoms with E-state index in [0.717, 1.165) is 24.8 Å². The van der Waals surface area contributed by atoms with Crippen LogP contribution in [-0.2, 0) is 16.4 Å². The van der Waals surface area contributed by atoms with Crippen LogP contribution in [0.25, 0.3) is 0 Å². The first-order chi connectivity index (χ1) is 14.4. The van der Waals surface area contributed by atoms with Crippen molar-refractivity contribution in [2.75, 3.05) is 25.6 Å². The molecule has 0 aliphatic carbocycles. The third kappa shape index (κ3) is 4.83. The van der Waals surface area contributed by atoms with Crippen LogP contribution in [-0.4, -0.2) is 50.0 Å². The van der Waals surface area contributed by atoms with Crippen LogP contribution in [0.5, 0.6) is 5.75 Å². The summed E-state index contributed by atoms with van der Waals surface area (Å²) < 4.78 is 33.4. The number of carbonyl (C=O) groups is 1. The Bertz CT molecular complexity index is 989. The van der Waals surface area contributed by atoms with Crippen molar-refractivity contribution in [3.05, 3.63) is 53.6 Å². The molecule has 0 saturated carbocycles. The zero-order valence-electron chi connectivity index (χ0n) is 17.3. The van der Waals surface area contributed by atoms with Gasteiger partial charge in [-0.15, -0.1) is 0 Å². The van der Waals surface area contributed by atoms with Crippen LogP contribution >= 0.6 is 0 Å². The Balaban J connectivity index is 1.87. The van der Waals surface area contributed by atoms with Crippen molar-refractivity contribution < 1.29 is 23.1 Å². The Kier molecular flexibility index (Phi) is 7.12. The lowest BCUT2D eigenvalue weighted by molar-refractivity contribution is 0.102. The number of carbonyl (C=O) groups excluding carboxylic acids is 1. The van der Waals surface area contributed by atoms with Crippen LogP contribution < -0.4 is 10.1 Å². The number of hydrogen-bond acceptors (Lipinski definition) is 5.